The quantitative estimate of drug-likeness (QED) is 0.375. The van der Waals surface area contributed by atoms with Gasteiger partial charge in [-0.05, 0) is 35.6 Å². The second-order valence-corrected chi connectivity index (χ2v) is 8.39. The SMILES string of the molecule is COCCCOc1cc(C(=O)NC[C@@H]2CNC[C@H]2CNC(=O)OCc2ccccc2)ccc1OC. The van der Waals surface area contributed by atoms with Crippen molar-refractivity contribution < 1.29 is 28.5 Å². The second kappa shape index (κ2) is 14.2. The molecule has 9 heteroatoms. The molecule has 2 amide bonds. The lowest BCUT2D eigenvalue weighted by molar-refractivity contribution is 0.0943. The molecule has 3 rings (SSSR count). The first-order chi connectivity index (χ1) is 17.1. The minimum absolute atomic E-state index is 0.185. The molecular weight excluding hydrogens is 450 g/mol. The molecular formula is C26H35N3O6. The standard InChI is InChI=1S/C26H35N3O6/c1-32-11-6-12-34-24-13-20(9-10-23(24)33-2)25(30)28-16-21-14-27-15-22(21)17-29-26(31)35-18-19-7-4-3-5-8-19/h3-5,7-10,13,21-22,27H,6,11-12,14-18H2,1-2H3,(H,28,30)(H,29,31)/t21-,22-/m0/s1. The van der Waals surface area contributed by atoms with Gasteiger partial charge in [0.15, 0.2) is 11.5 Å². The fourth-order valence-corrected chi connectivity index (χ4v) is 3.90. The van der Waals surface area contributed by atoms with Crippen LogP contribution >= 0.6 is 0 Å². The third kappa shape index (κ3) is 8.45. The zero-order chi connectivity index (χ0) is 24.9. The van der Waals surface area contributed by atoms with Gasteiger partial charge in [-0.3, -0.25) is 4.79 Å². The maximum atomic E-state index is 12.8. The summed E-state index contributed by atoms with van der Waals surface area (Å²) in [6.07, 6.45) is 0.291. The van der Waals surface area contributed by atoms with E-state index >= 15 is 0 Å². The first-order valence-corrected chi connectivity index (χ1v) is 11.8. The molecule has 0 unspecified atom stereocenters. The van der Waals surface area contributed by atoms with Crippen molar-refractivity contribution in [2.75, 3.05) is 53.6 Å². The minimum Gasteiger partial charge on any atom is -0.493 e. The highest BCUT2D eigenvalue weighted by Crippen LogP contribution is 2.28. The summed E-state index contributed by atoms with van der Waals surface area (Å²) < 4.78 is 21.4. The van der Waals surface area contributed by atoms with E-state index < -0.39 is 6.09 Å². The normalized spacial score (nSPS) is 17.0. The molecule has 1 aliphatic rings. The van der Waals surface area contributed by atoms with Crippen LogP contribution in [0.15, 0.2) is 48.5 Å². The van der Waals surface area contributed by atoms with Gasteiger partial charge in [0, 0.05) is 51.9 Å². The van der Waals surface area contributed by atoms with Gasteiger partial charge in [-0.1, -0.05) is 30.3 Å². The Morgan fingerprint density at radius 3 is 2.40 bits per heavy atom. The van der Waals surface area contributed by atoms with Crippen molar-refractivity contribution in [3.8, 4) is 11.5 Å². The maximum absolute atomic E-state index is 12.8. The van der Waals surface area contributed by atoms with E-state index in [-0.39, 0.29) is 24.3 Å². The highest BCUT2D eigenvalue weighted by Gasteiger charge is 2.28. The molecule has 0 saturated carbocycles. The van der Waals surface area contributed by atoms with E-state index in [0.29, 0.717) is 43.4 Å². The Morgan fingerprint density at radius 2 is 1.69 bits per heavy atom. The summed E-state index contributed by atoms with van der Waals surface area (Å²) in [5.41, 5.74) is 1.44. The molecule has 3 N–H and O–H groups in total. The Kier molecular flexibility index (Phi) is 10.7. The fraction of sp³-hybridized carbons (Fsp3) is 0.462. The summed E-state index contributed by atoms with van der Waals surface area (Å²) in [6, 6.07) is 14.7. The average Bonchev–Trinajstić information content (AvgIpc) is 3.35. The van der Waals surface area contributed by atoms with Gasteiger partial charge in [-0.15, -0.1) is 0 Å². The first-order valence-electron chi connectivity index (χ1n) is 11.8. The highest BCUT2D eigenvalue weighted by molar-refractivity contribution is 5.94. The average molecular weight is 486 g/mol. The lowest BCUT2D eigenvalue weighted by Crippen LogP contribution is -2.37. The molecule has 0 aliphatic carbocycles. The number of hydrogen-bond acceptors (Lipinski definition) is 7. The van der Waals surface area contributed by atoms with Crippen molar-refractivity contribution in [3.05, 3.63) is 59.7 Å². The van der Waals surface area contributed by atoms with Gasteiger partial charge in [0.2, 0.25) is 0 Å². The number of carbonyl (C=O) groups is 2. The molecule has 0 radical (unpaired) electrons. The zero-order valence-electron chi connectivity index (χ0n) is 20.4. The molecule has 0 spiro atoms. The maximum Gasteiger partial charge on any atom is 0.407 e. The molecule has 190 valence electrons. The number of rotatable bonds is 13. The minimum atomic E-state index is -0.445. The monoisotopic (exact) mass is 485 g/mol. The van der Waals surface area contributed by atoms with Crippen LogP contribution in [-0.4, -0.2) is 65.6 Å². The highest BCUT2D eigenvalue weighted by atomic mass is 16.5. The molecule has 1 heterocycles. The van der Waals surface area contributed by atoms with Crippen LogP contribution in [0.5, 0.6) is 11.5 Å². The summed E-state index contributed by atoms with van der Waals surface area (Å²) in [4.78, 5) is 24.9. The van der Waals surface area contributed by atoms with E-state index in [4.69, 9.17) is 18.9 Å². The van der Waals surface area contributed by atoms with Crippen LogP contribution in [0.4, 0.5) is 4.79 Å². The zero-order valence-corrected chi connectivity index (χ0v) is 20.4. The van der Waals surface area contributed by atoms with Gasteiger partial charge >= 0.3 is 6.09 Å². The van der Waals surface area contributed by atoms with Gasteiger partial charge in [-0.2, -0.15) is 0 Å². The molecule has 2 aromatic rings. The number of ether oxygens (including phenoxy) is 4. The van der Waals surface area contributed by atoms with Gasteiger partial charge in [0.05, 0.1) is 13.7 Å². The van der Waals surface area contributed by atoms with E-state index in [2.05, 4.69) is 16.0 Å². The summed E-state index contributed by atoms with van der Waals surface area (Å²) in [6.45, 7) is 3.79. The number of amides is 2. The van der Waals surface area contributed by atoms with Crippen molar-refractivity contribution in [2.24, 2.45) is 11.8 Å². The first kappa shape index (κ1) is 26.3. The largest absolute Gasteiger partial charge is 0.493 e. The Hall–Kier alpha value is -3.30. The molecule has 1 aliphatic heterocycles. The van der Waals surface area contributed by atoms with Gasteiger partial charge in [0.25, 0.3) is 5.91 Å². The Labute approximate surface area is 206 Å². The Balaban J connectivity index is 1.44. The van der Waals surface area contributed by atoms with Crippen molar-refractivity contribution in [1.82, 2.24) is 16.0 Å². The van der Waals surface area contributed by atoms with E-state index in [0.717, 1.165) is 25.1 Å². The van der Waals surface area contributed by atoms with Crippen molar-refractivity contribution in [1.29, 1.82) is 0 Å². The number of nitrogens with one attached hydrogen (secondary N) is 3. The summed E-state index contributed by atoms with van der Waals surface area (Å²) in [5, 5.41) is 9.18. The van der Waals surface area contributed by atoms with E-state index in [1.165, 1.54) is 0 Å². The topological polar surface area (TPSA) is 107 Å². The van der Waals surface area contributed by atoms with E-state index in [1.54, 1.807) is 32.4 Å². The smallest absolute Gasteiger partial charge is 0.407 e. The van der Waals surface area contributed by atoms with Crippen LogP contribution in [0.2, 0.25) is 0 Å². The van der Waals surface area contributed by atoms with Crippen LogP contribution in [0.1, 0.15) is 22.3 Å². The van der Waals surface area contributed by atoms with E-state index in [1.807, 2.05) is 30.3 Å². The summed E-state index contributed by atoms with van der Waals surface area (Å²) in [5.74, 6) is 1.29. The number of carbonyl (C=O) groups excluding carboxylic acids is 2. The predicted molar refractivity (Wildman–Crippen MR) is 132 cm³/mol. The lowest BCUT2D eigenvalue weighted by atomic mass is 9.96. The third-order valence-electron chi connectivity index (χ3n) is 5.90. The second-order valence-electron chi connectivity index (χ2n) is 8.39. The molecule has 2 atom stereocenters. The molecule has 9 nitrogen and oxygen atoms in total. The molecule has 1 fully saturated rings. The summed E-state index contributed by atoms with van der Waals surface area (Å²) in [7, 11) is 3.21. The van der Waals surface area contributed by atoms with Crippen LogP contribution in [0, 0.1) is 11.8 Å². The number of methoxy groups -OCH3 is 2. The third-order valence-corrected chi connectivity index (χ3v) is 5.90. The molecule has 0 aromatic heterocycles. The lowest BCUT2D eigenvalue weighted by Gasteiger charge is -2.19. The fourth-order valence-electron chi connectivity index (χ4n) is 3.90. The predicted octanol–water partition coefficient (Wildman–Crippen LogP) is 2.60. The molecule has 0 bridgehead atoms. The van der Waals surface area contributed by atoms with Crippen LogP contribution in [0.25, 0.3) is 0 Å². The van der Waals surface area contributed by atoms with Gasteiger partial charge in [-0.25, -0.2) is 4.79 Å². The Morgan fingerprint density at radius 1 is 0.943 bits per heavy atom. The number of benzene rings is 2. The van der Waals surface area contributed by atoms with Crippen LogP contribution < -0.4 is 25.4 Å². The Bertz CT molecular complexity index is 940. The molecule has 35 heavy (non-hydrogen) atoms. The molecule has 1 saturated heterocycles. The van der Waals surface area contributed by atoms with Crippen molar-refractivity contribution >= 4 is 12.0 Å². The molecule has 2 aromatic carbocycles. The van der Waals surface area contributed by atoms with Gasteiger partial charge in [0.1, 0.15) is 6.61 Å². The number of hydrogen-bond donors (Lipinski definition) is 3. The summed E-state index contributed by atoms with van der Waals surface area (Å²) >= 11 is 0. The van der Waals surface area contributed by atoms with Crippen LogP contribution in [0.3, 0.4) is 0 Å². The van der Waals surface area contributed by atoms with E-state index in [9.17, 15) is 9.59 Å². The van der Waals surface area contributed by atoms with Crippen LogP contribution in [-0.2, 0) is 16.1 Å². The van der Waals surface area contributed by atoms with Crippen molar-refractivity contribution in [3.63, 3.8) is 0 Å². The van der Waals surface area contributed by atoms with Gasteiger partial charge < -0.3 is 34.9 Å². The number of alkyl carbamates (subject to hydrolysis) is 1. The van der Waals surface area contributed by atoms with Crippen molar-refractivity contribution in [2.45, 2.75) is 13.0 Å².